The first-order valence-electron chi connectivity index (χ1n) is 8.26. The summed E-state index contributed by atoms with van der Waals surface area (Å²) in [5.41, 5.74) is 0.576. The van der Waals surface area contributed by atoms with E-state index in [0.29, 0.717) is 16.3 Å². The third-order valence-corrected chi connectivity index (χ3v) is 4.66. The van der Waals surface area contributed by atoms with E-state index in [1.165, 1.54) is 24.3 Å². The van der Waals surface area contributed by atoms with Crippen molar-refractivity contribution in [2.45, 2.75) is 0 Å². The van der Waals surface area contributed by atoms with Crippen molar-refractivity contribution in [3.8, 4) is 0 Å². The van der Waals surface area contributed by atoms with Gasteiger partial charge in [0.2, 0.25) is 0 Å². The molecule has 146 valence electrons. The molecule has 2 amide bonds. The molecule has 0 aliphatic heterocycles. The maximum Gasteiger partial charge on any atom is 0.323 e. The topological polar surface area (TPSA) is 101 Å². The summed E-state index contributed by atoms with van der Waals surface area (Å²) in [6, 6.07) is 15.8. The van der Waals surface area contributed by atoms with Gasteiger partial charge >= 0.3 is 6.03 Å². The number of ketones is 1. The van der Waals surface area contributed by atoms with Gasteiger partial charge in [0.1, 0.15) is 0 Å². The second-order valence-electron chi connectivity index (χ2n) is 5.89. The van der Waals surface area contributed by atoms with Crippen molar-refractivity contribution in [2.24, 2.45) is 0 Å². The number of anilines is 2. The number of nitro groups is 1. The van der Waals surface area contributed by atoms with Crippen LogP contribution in [-0.4, -0.2) is 16.7 Å². The highest BCUT2D eigenvalue weighted by Gasteiger charge is 2.19. The maximum absolute atomic E-state index is 12.8. The lowest BCUT2D eigenvalue weighted by Gasteiger charge is -2.12. The van der Waals surface area contributed by atoms with E-state index < -0.39 is 16.7 Å². The van der Waals surface area contributed by atoms with Gasteiger partial charge in [-0.15, -0.1) is 0 Å². The van der Waals surface area contributed by atoms with Gasteiger partial charge in [-0.3, -0.25) is 14.9 Å². The highest BCUT2D eigenvalue weighted by Crippen LogP contribution is 2.27. The molecule has 3 rings (SSSR count). The van der Waals surface area contributed by atoms with E-state index in [0.717, 1.165) is 6.07 Å². The first-order valence-corrected chi connectivity index (χ1v) is 9.02. The second-order valence-corrected chi connectivity index (χ2v) is 6.70. The molecule has 3 aromatic rings. The van der Waals surface area contributed by atoms with Crippen LogP contribution in [0.25, 0.3) is 0 Å². The van der Waals surface area contributed by atoms with E-state index >= 15 is 0 Å². The average molecular weight is 430 g/mol. The largest absolute Gasteiger partial charge is 0.323 e. The smallest absolute Gasteiger partial charge is 0.308 e. The van der Waals surface area contributed by atoms with Crippen LogP contribution in [0.1, 0.15) is 15.9 Å². The number of nitrogens with one attached hydrogen (secondary N) is 2. The van der Waals surface area contributed by atoms with Gasteiger partial charge in [-0.1, -0.05) is 53.5 Å². The predicted octanol–water partition coefficient (Wildman–Crippen LogP) is 5.78. The molecule has 0 saturated heterocycles. The molecule has 0 aromatic heterocycles. The Hall–Kier alpha value is -3.42. The lowest BCUT2D eigenvalue weighted by Crippen LogP contribution is -2.21. The Morgan fingerprint density at radius 2 is 1.59 bits per heavy atom. The van der Waals surface area contributed by atoms with Crippen molar-refractivity contribution in [3.05, 3.63) is 98.0 Å². The Morgan fingerprint density at radius 3 is 2.24 bits per heavy atom. The number of hydrogen-bond donors (Lipinski definition) is 2. The molecule has 9 heteroatoms. The number of carbonyl (C=O) groups is 2. The molecule has 2 N–H and O–H groups in total. The number of benzene rings is 3. The number of rotatable bonds is 5. The van der Waals surface area contributed by atoms with Crippen LogP contribution in [0, 0.1) is 10.1 Å². The molecule has 0 saturated carbocycles. The molecule has 3 aromatic carbocycles. The molecule has 0 fully saturated rings. The van der Waals surface area contributed by atoms with E-state index in [2.05, 4.69) is 10.6 Å². The zero-order valence-electron chi connectivity index (χ0n) is 14.7. The van der Waals surface area contributed by atoms with E-state index in [1.807, 2.05) is 0 Å². The van der Waals surface area contributed by atoms with Gasteiger partial charge in [-0.2, -0.15) is 0 Å². The molecular weight excluding hydrogens is 417 g/mol. The molecule has 7 nitrogen and oxygen atoms in total. The van der Waals surface area contributed by atoms with Gasteiger partial charge in [-0.05, 0) is 24.3 Å². The molecule has 0 radical (unpaired) electrons. The SMILES string of the molecule is O=C(Nc1ccc(Cl)c(Cl)c1)Nc1ccc([N+](=O)[O-])cc1C(=O)c1ccccc1. The lowest BCUT2D eigenvalue weighted by molar-refractivity contribution is -0.384. The molecule has 0 unspecified atom stereocenters. The molecule has 0 heterocycles. The first kappa shape index (κ1) is 20.3. The van der Waals surface area contributed by atoms with Crippen LogP contribution in [0.4, 0.5) is 21.9 Å². The summed E-state index contributed by atoms with van der Waals surface area (Å²) in [5.74, 6) is -0.459. The molecular formula is C20H13Cl2N3O4. The number of nitro benzene ring substituents is 1. The molecule has 0 bridgehead atoms. The molecule has 29 heavy (non-hydrogen) atoms. The summed E-state index contributed by atoms with van der Waals surface area (Å²) >= 11 is 11.8. The van der Waals surface area contributed by atoms with Crippen LogP contribution in [0.5, 0.6) is 0 Å². The van der Waals surface area contributed by atoms with Crippen molar-refractivity contribution in [1.29, 1.82) is 0 Å². The third-order valence-electron chi connectivity index (χ3n) is 3.92. The monoisotopic (exact) mass is 429 g/mol. The molecule has 0 spiro atoms. The highest BCUT2D eigenvalue weighted by atomic mass is 35.5. The maximum atomic E-state index is 12.8. The van der Waals surface area contributed by atoms with E-state index in [9.17, 15) is 19.7 Å². The van der Waals surface area contributed by atoms with Gasteiger partial charge in [0.25, 0.3) is 5.69 Å². The Balaban J connectivity index is 1.89. The zero-order chi connectivity index (χ0) is 21.0. The minimum Gasteiger partial charge on any atom is -0.308 e. The fraction of sp³-hybridized carbons (Fsp3) is 0. The van der Waals surface area contributed by atoms with Crippen LogP contribution in [-0.2, 0) is 0 Å². The number of amides is 2. The van der Waals surface area contributed by atoms with E-state index in [4.69, 9.17) is 23.2 Å². The zero-order valence-corrected chi connectivity index (χ0v) is 16.2. The Bertz CT molecular complexity index is 1100. The quantitative estimate of drug-likeness (QED) is 0.305. The summed E-state index contributed by atoms with van der Waals surface area (Å²) in [6.45, 7) is 0. The predicted molar refractivity (Wildman–Crippen MR) is 112 cm³/mol. The summed E-state index contributed by atoms with van der Waals surface area (Å²) in [5, 5.41) is 16.8. The second kappa shape index (κ2) is 8.72. The Labute approximate surface area is 175 Å². The first-order chi connectivity index (χ1) is 13.8. The summed E-state index contributed by atoms with van der Waals surface area (Å²) in [6.07, 6.45) is 0. The standard InChI is InChI=1S/C20H13Cl2N3O4/c21-16-8-6-13(10-17(16)22)23-20(27)24-18-9-7-14(25(28)29)11-15(18)19(26)12-4-2-1-3-5-12/h1-11H,(H2,23,24,27). The van der Waals surface area contributed by atoms with Crippen LogP contribution >= 0.6 is 23.2 Å². The van der Waals surface area contributed by atoms with Crippen molar-refractivity contribution in [2.75, 3.05) is 10.6 Å². The lowest BCUT2D eigenvalue weighted by atomic mass is 10.0. The average Bonchev–Trinajstić information content (AvgIpc) is 2.71. The molecule has 0 aliphatic carbocycles. The van der Waals surface area contributed by atoms with Crippen molar-refractivity contribution in [3.63, 3.8) is 0 Å². The fourth-order valence-corrected chi connectivity index (χ4v) is 2.84. The van der Waals surface area contributed by atoms with Gasteiger partial charge < -0.3 is 10.6 Å². The minimum atomic E-state index is -0.653. The number of halogens is 2. The summed E-state index contributed by atoms with van der Waals surface area (Å²) in [4.78, 5) is 35.7. The van der Waals surface area contributed by atoms with Gasteiger partial charge in [0, 0.05) is 23.4 Å². The van der Waals surface area contributed by atoms with Crippen LogP contribution in [0.2, 0.25) is 10.0 Å². The summed E-state index contributed by atoms with van der Waals surface area (Å²) < 4.78 is 0. The normalized spacial score (nSPS) is 10.3. The van der Waals surface area contributed by atoms with E-state index in [-0.39, 0.29) is 22.0 Å². The highest BCUT2D eigenvalue weighted by molar-refractivity contribution is 6.42. The third kappa shape index (κ3) is 4.90. The Morgan fingerprint density at radius 1 is 0.862 bits per heavy atom. The van der Waals surface area contributed by atoms with Crippen LogP contribution < -0.4 is 10.6 Å². The summed E-state index contributed by atoms with van der Waals surface area (Å²) in [7, 11) is 0. The van der Waals surface area contributed by atoms with Crippen molar-refractivity contribution < 1.29 is 14.5 Å². The number of carbonyl (C=O) groups excluding carboxylic acids is 2. The van der Waals surface area contributed by atoms with Gasteiger partial charge in [0.15, 0.2) is 5.78 Å². The van der Waals surface area contributed by atoms with Crippen LogP contribution in [0.3, 0.4) is 0 Å². The number of non-ortho nitro benzene ring substituents is 1. The molecule has 0 atom stereocenters. The molecule has 0 aliphatic rings. The van der Waals surface area contributed by atoms with E-state index in [1.54, 1.807) is 36.4 Å². The van der Waals surface area contributed by atoms with Gasteiger partial charge in [0.05, 0.1) is 26.2 Å². The van der Waals surface area contributed by atoms with Crippen molar-refractivity contribution >= 4 is 52.1 Å². The number of nitrogens with zero attached hydrogens (tertiary/aromatic N) is 1. The number of urea groups is 1. The number of hydrogen-bond acceptors (Lipinski definition) is 4. The fourth-order valence-electron chi connectivity index (χ4n) is 2.55. The Kier molecular flexibility index (Phi) is 6.11. The van der Waals surface area contributed by atoms with Crippen molar-refractivity contribution in [1.82, 2.24) is 0 Å². The van der Waals surface area contributed by atoms with Crippen LogP contribution in [0.15, 0.2) is 66.7 Å². The van der Waals surface area contributed by atoms with Gasteiger partial charge in [-0.25, -0.2) is 4.79 Å². The minimum absolute atomic E-state index is 0.00492.